The number of H-pyrrole nitrogens is 1. The van der Waals surface area contributed by atoms with Gasteiger partial charge >= 0.3 is 12.2 Å². The smallest absolute Gasteiger partial charge is 0.422 e. The van der Waals surface area contributed by atoms with Crippen LogP contribution in [0.3, 0.4) is 0 Å². The molecule has 2 amide bonds. The summed E-state index contributed by atoms with van der Waals surface area (Å²) in [5, 5.41) is 9.89. The van der Waals surface area contributed by atoms with E-state index in [2.05, 4.69) is 15.5 Å². The fourth-order valence-electron chi connectivity index (χ4n) is 3.29. The van der Waals surface area contributed by atoms with Gasteiger partial charge in [0.2, 0.25) is 0 Å². The topological polar surface area (TPSA) is 70.2 Å². The number of halogens is 3. The van der Waals surface area contributed by atoms with Gasteiger partial charge in [0.25, 0.3) is 0 Å². The van der Waals surface area contributed by atoms with Crippen LogP contribution < -0.4 is 10.1 Å². The zero-order valence-corrected chi connectivity index (χ0v) is 15.5. The Bertz CT molecular complexity index is 762. The van der Waals surface area contributed by atoms with Crippen molar-refractivity contribution < 1.29 is 22.7 Å². The van der Waals surface area contributed by atoms with Gasteiger partial charge in [-0.2, -0.15) is 18.3 Å². The molecule has 1 saturated heterocycles. The van der Waals surface area contributed by atoms with E-state index < -0.39 is 12.8 Å². The number of hydrogen-bond donors (Lipinski definition) is 2. The molecule has 1 aliphatic rings. The number of rotatable bonds is 5. The normalized spacial score (nSPS) is 18.6. The Kier molecular flexibility index (Phi) is 6.11. The lowest BCUT2D eigenvalue weighted by Crippen LogP contribution is -2.45. The number of benzene rings is 1. The van der Waals surface area contributed by atoms with Crippen LogP contribution in [0.4, 0.5) is 18.0 Å². The van der Waals surface area contributed by atoms with Crippen molar-refractivity contribution in [3.8, 4) is 5.75 Å². The maximum absolute atomic E-state index is 12.6. The first kappa shape index (κ1) is 20.0. The third-order valence-corrected chi connectivity index (χ3v) is 4.79. The van der Waals surface area contributed by atoms with Gasteiger partial charge in [0.1, 0.15) is 5.75 Å². The van der Waals surface area contributed by atoms with Crippen molar-refractivity contribution in [3.05, 3.63) is 47.8 Å². The highest BCUT2D eigenvalue weighted by molar-refractivity contribution is 5.75. The standard InChI is InChI=1S/C19H23F3N4O2/c1-13(14-4-6-16(7-5-14)28-12-19(20,21)22)24-18(27)26-10-2-3-15(11-26)17-8-9-23-25-17/h4-9,13,15H,2-3,10-12H2,1H3,(H,23,25)(H,24,27). The predicted molar refractivity (Wildman–Crippen MR) is 97.1 cm³/mol. The molecule has 2 heterocycles. The van der Waals surface area contributed by atoms with Crippen molar-refractivity contribution in [2.24, 2.45) is 0 Å². The molecule has 0 spiro atoms. The lowest BCUT2D eigenvalue weighted by Gasteiger charge is -2.33. The second-order valence-electron chi connectivity index (χ2n) is 6.94. The summed E-state index contributed by atoms with van der Waals surface area (Å²) in [6, 6.07) is 7.74. The third kappa shape index (κ3) is 5.40. The van der Waals surface area contributed by atoms with Crippen LogP contribution in [-0.4, -0.2) is 47.0 Å². The Morgan fingerprint density at radius 3 is 2.75 bits per heavy atom. The Morgan fingerprint density at radius 1 is 1.36 bits per heavy atom. The molecule has 152 valence electrons. The minimum absolute atomic E-state index is 0.137. The van der Waals surface area contributed by atoms with E-state index >= 15 is 0 Å². The second-order valence-corrected chi connectivity index (χ2v) is 6.94. The molecule has 1 aromatic heterocycles. The van der Waals surface area contributed by atoms with Crippen molar-refractivity contribution in [1.82, 2.24) is 20.4 Å². The molecule has 0 saturated carbocycles. The van der Waals surface area contributed by atoms with Gasteiger partial charge in [0, 0.05) is 30.9 Å². The van der Waals surface area contributed by atoms with Crippen LogP contribution in [0.5, 0.6) is 5.75 Å². The summed E-state index contributed by atoms with van der Waals surface area (Å²) in [6.45, 7) is 1.81. The van der Waals surface area contributed by atoms with Crippen molar-refractivity contribution in [2.75, 3.05) is 19.7 Å². The molecule has 0 bridgehead atoms. The molecule has 0 radical (unpaired) electrons. The Labute approximate surface area is 161 Å². The Hall–Kier alpha value is -2.71. The van der Waals surface area contributed by atoms with E-state index in [1.165, 1.54) is 12.1 Å². The second kappa shape index (κ2) is 8.53. The number of nitrogens with one attached hydrogen (secondary N) is 2. The summed E-state index contributed by atoms with van der Waals surface area (Å²) in [6.07, 6.45) is -0.751. The third-order valence-electron chi connectivity index (χ3n) is 4.79. The number of carbonyl (C=O) groups excluding carboxylic acids is 1. The molecule has 28 heavy (non-hydrogen) atoms. The van der Waals surface area contributed by atoms with Crippen LogP contribution in [0.15, 0.2) is 36.5 Å². The van der Waals surface area contributed by atoms with Crippen LogP contribution in [0.2, 0.25) is 0 Å². The van der Waals surface area contributed by atoms with E-state index in [0.717, 1.165) is 24.1 Å². The number of aromatic amines is 1. The molecule has 0 aliphatic carbocycles. The highest BCUT2D eigenvalue weighted by Crippen LogP contribution is 2.26. The monoisotopic (exact) mass is 396 g/mol. The predicted octanol–water partition coefficient (Wildman–Crippen LogP) is 4.00. The molecular weight excluding hydrogens is 373 g/mol. The van der Waals surface area contributed by atoms with E-state index in [-0.39, 0.29) is 23.7 Å². The summed E-state index contributed by atoms with van der Waals surface area (Å²) >= 11 is 0. The minimum atomic E-state index is -4.37. The van der Waals surface area contributed by atoms with Gasteiger partial charge in [-0.05, 0) is 43.5 Å². The molecule has 6 nitrogen and oxygen atoms in total. The number of urea groups is 1. The average molecular weight is 396 g/mol. The average Bonchev–Trinajstić information content (AvgIpc) is 3.21. The van der Waals surface area contributed by atoms with Gasteiger partial charge < -0.3 is 15.0 Å². The zero-order valence-electron chi connectivity index (χ0n) is 15.5. The largest absolute Gasteiger partial charge is 0.484 e. The van der Waals surface area contributed by atoms with E-state index in [1.54, 1.807) is 23.2 Å². The summed E-state index contributed by atoms with van der Waals surface area (Å²) in [5.41, 5.74) is 1.81. The minimum Gasteiger partial charge on any atom is -0.484 e. The summed E-state index contributed by atoms with van der Waals surface area (Å²) in [5.74, 6) is 0.375. The van der Waals surface area contributed by atoms with Gasteiger partial charge in [0.15, 0.2) is 6.61 Å². The first-order valence-electron chi connectivity index (χ1n) is 9.16. The van der Waals surface area contributed by atoms with Crippen molar-refractivity contribution in [3.63, 3.8) is 0 Å². The van der Waals surface area contributed by atoms with Crippen LogP contribution in [0.1, 0.15) is 43.0 Å². The lowest BCUT2D eigenvalue weighted by molar-refractivity contribution is -0.153. The molecule has 1 fully saturated rings. The number of likely N-dealkylation sites (tertiary alicyclic amines) is 1. The van der Waals surface area contributed by atoms with E-state index in [4.69, 9.17) is 4.74 Å². The number of nitrogens with zero attached hydrogens (tertiary/aromatic N) is 2. The quantitative estimate of drug-likeness (QED) is 0.803. The number of alkyl halides is 3. The van der Waals surface area contributed by atoms with Crippen LogP contribution >= 0.6 is 0 Å². The maximum atomic E-state index is 12.6. The van der Waals surface area contributed by atoms with Crippen molar-refractivity contribution >= 4 is 6.03 Å². The van der Waals surface area contributed by atoms with Gasteiger partial charge in [-0.25, -0.2) is 4.79 Å². The summed E-state index contributed by atoms with van der Waals surface area (Å²) in [7, 11) is 0. The molecule has 2 aromatic rings. The Balaban J connectivity index is 1.53. The van der Waals surface area contributed by atoms with E-state index in [0.29, 0.717) is 13.1 Å². The van der Waals surface area contributed by atoms with Crippen LogP contribution in [0, 0.1) is 0 Å². The van der Waals surface area contributed by atoms with Crippen molar-refractivity contribution in [1.29, 1.82) is 0 Å². The van der Waals surface area contributed by atoms with Crippen molar-refractivity contribution in [2.45, 2.75) is 37.9 Å². The number of hydrogen-bond acceptors (Lipinski definition) is 3. The fraction of sp³-hybridized carbons (Fsp3) is 0.474. The molecule has 1 aromatic carbocycles. The first-order valence-corrected chi connectivity index (χ1v) is 9.16. The highest BCUT2D eigenvalue weighted by Gasteiger charge is 2.28. The van der Waals surface area contributed by atoms with E-state index in [9.17, 15) is 18.0 Å². The van der Waals surface area contributed by atoms with E-state index in [1.807, 2.05) is 13.0 Å². The zero-order chi connectivity index (χ0) is 20.1. The number of ether oxygens (including phenoxy) is 1. The van der Waals surface area contributed by atoms with Gasteiger partial charge in [-0.15, -0.1) is 0 Å². The highest BCUT2D eigenvalue weighted by atomic mass is 19.4. The number of aromatic nitrogens is 2. The molecule has 2 unspecified atom stereocenters. The maximum Gasteiger partial charge on any atom is 0.422 e. The molecular formula is C19H23F3N4O2. The summed E-state index contributed by atoms with van der Waals surface area (Å²) < 4.78 is 41.3. The molecule has 2 atom stereocenters. The summed E-state index contributed by atoms with van der Waals surface area (Å²) in [4.78, 5) is 14.4. The number of piperidine rings is 1. The Morgan fingerprint density at radius 2 is 2.11 bits per heavy atom. The number of carbonyl (C=O) groups is 1. The van der Waals surface area contributed by atoms with Gasteiger partial charge in [-0.3, -0.25) is 5.10 Å². The van der Waals surface area contributed by atoms with Gasteiger partial charge in [0.05, 0.1) is 6.04 Å². The first-order chi connectivity index (χ1) is 13.3. The number of amides is 2. The molecule has 9 heteroatoms. The lowest BCUT2D eigenvalue weighted by atomic mass is 9.95. The molecule has 2 N–H and O–H groups in total. The van der Waals surface area contributed by atoms with Gasteiger partial charge in [-0.1, -0.05) is 12.1 Å². The molecule has 3 rings (SSSR count). The molecule has 1 aliphatic heterocycles. The SMILES string of the molecule is CC(NC(=O)N1CCCC(c2ccn[nH]2)C1)c1ccc(OCC(F)(F)F)cc1. The van der Waals surface area contributed by atoms with Crippen LogP contribution in [0.25, 0.3) is 0 Å². The fourth-order valence-corrected chi connectivity index (χ4v) is 3.29. The van der Waals surface area contributed by atoms with Crippen LogP contribution in [-0.2, 0) is 0 Å².